The van der Waals surface area contributed by atoms with Crippen molar-refractivity contribution in [1.82, 2.24) is 4.31 Å². The first-order valence-corrected chi connectivity index (χ1v) is 7.14. The quantitative estimate of drug-likeness (QED) is 0.789. The van der Waals surface area contributed by atoms with E-state index in [4.69, 9.17) is 0 Å². The lowest BCUT2D eigenvalue weighted by molar-refractivity contribution is 0.439. The zero-order valence-electron chi connectivity index (χ0n) is 9.73. The molecule has 3 nitrogen and oxygen atoms in total. The zero-order chi connectivity index (χ0) is 11.8. The number of hydrogen-bond acceptors (Lipinski definition) is 2. The Morgan fingerprint density at radius 1 is 1.31 bits per heavy atom. The van der Waals surface area contributed by atoms with Crippen LogP contribution in [0, 0.1) is 13.8 Å². The maximum Gasteiger partial charge on any atom is 0.214 e. The van der Waals surface area contributed by atoms with Crippen molar-refractivity contribution >= 4 is 10.0 Å². The Morgan fingerprint density at radius 3 is 2.62 bits per heavy atom. The molecule has 0 aliphatic carbocycles. The lowest BCUT2D eigenvalue weighted by Crippen LogP contribution is -2.25. The summed E-state index contributed by atoms with van der Waals surface area (Å²) in [5, 5.41) is 0. The summed E-state index contributed by atoms with van der Waals surface area (Å²) in [6.07, 6.45) is 0.757. The highest BCUT2D eigenvalue weighted by molar-refractivity contribution is 7.89. The smallest absolute Gasteiger partial charge is 0.212 e. The standard InChI is InChI=1S/C12H17NO2S/c1-10-4-5-12(11(2)8-10)9-13-6-3-7-16(13,14)15/h4-5,8H,3,6-7,9H2,1-2H3. The Kier molecular flexibility index (Phi) is 3.04. The fourth-order valence-electron chi connectivity index (χ4n) is 2.08. The molecule has 0 atom stereocenters. The predicted octanol–water partition coefficient (Wildman–Crippen LogP) is 1.84. The zero-order valence-corrected chi connectivity index (χ0v) is 10.5. The maximum atomic E-state index is 11.7. The summed E-state index contributed by atoms with van der Waals surface area (Å²) in [6, 6.07) is 6.15. The number of nitrogens with zero attached hydrogens (tertiary/aromatic N) is 1. The monoisotopic (exact) mass is 239 g/mol. The van der Waals surface area contributed by atoms with Gasteiger partial charge in [0.2, 0.25) is 10.0 Å². The third kappa shape index (κ3) is 2.28. The number of sulfonamides is 1. The summed E-state index contributed by atoms with van der Waals surface area (Å²) in [7, 11) is -2.98. The average Bonchev–Trinajstić information content (AvgIpc) is 2.50. The van der Waals surface area contributed by atoms with Gasteiger partial charge < -0.3 is 0 Å². The molecule has 1 aliphatic heterocycles. The topological polar surface area (TPSA) is 37.4 Å². The van der Waals surface area contributed by atoms with Crippen LogP contribution in [0.25, 0.3) is 0 Å². The van der Waals surface area contributed by atoms with Crippen molar-refractivity contribution in [2.24, 2.45) is 0 Å². The molecule has 16 heavy (non-hydrogen) atoms. The lowest BCUT2D eigenvalue weighted by atomic mass is 10.1. The largest absolute Gasteiger partial charge is 0.214 e. The van der Waals surface area contributed by atoms with Gasteiger partial charge in [0.25, 0.3) is 0 Å². The van der Waals surface area contributed by atoms with E-state index < -0.39 is 10.0 Å². The van der Waals surface area contributed by atoms with Crippen molar-refractivity contribution < 1.29 is 8.42 Å². The summed E-state index contributed by atoms with van der Waals surface area (Å²) in [4.78, 5) is 0. The molecule has 0 amide bonds. The molecule has 1 aliphatic rings. The molecular formula is C12H17NO2S. The summed E-state index contributed by atoms with van der Waals surface area (Å²) in [5.41, 5.74) is 3.49. The second kappa shape index (κ2) is 4.18. The predicted molar refractivity (Wildman–Crippen MR) is 64.7 cm³/mol. The van der Waals surface area contributed by atoms with E-state index in [-0.39, 0.29) is 0 Å². The van der Waals surface area contributed by atoms with E-state index in [1.54, 1.807) is 4.31 Å². The van der Waals surface area contributed by atoms with E-state index in [2.05, 4.69) is 6.07 Å². The van der Waals surface area contributed by atoms with E-state index in [1.165, 1.54) is 11.1 Å². The van der Waals surface area contributed by atoms with Crippen molar-refractivity contribution in [2.45, 2.75) is 26.8 Å². The molecule has 0 spiro atoms. The normalized spacial score (nSPS) is 20.1. The SMILES string of the molecule is Cc1ccc(CN2CCCS2(=O)=O)c(C)c1. The number of rotatable bonds is 2. The first kappa shape index (κ1) is 11.6. The van der Waals surface area contributed by atoms with Gasteiger partial charge in [0.05, 0.1) is 5.75 Å². The van der Waals surface area contributed by atoms with Gasteiger partial charge in [-0.05, 0) is 31.4 Å². The van der Waals surface area contributed by atoms with Crippen LogP contribution < -0.4 is 0 Å². The van der Waals surface area contributed by atoms with Crippen LogP contribution in [0.4, 0.5) is 0 Å². The fourth-order valence-corrected chi connectivity index (χ4v) is 3.58. The Bertz CT molecular complexity index is 494. The third-order valence-electron chi connectivity index (χ3n) is 3.05. The van der Waals surface area contributed by atoms with Gasteiger partial charge >= 0.3 is 0 Å². The van der Waals surface area contributed by atoms with Gasteiger partial charge in [-0.15, -0.1) is 0 Å². The molecule has 4 heteroatoms. The Labute approximate surface area is 97.1 Å². The van der Waals surface area contributed by atoms with E-state index in [0.29, 0.717) is 18.8 Å². The molecule has 0 aromatic heterocycles. The van der Waals surface area contributed by atoms with E-state index >= 15 is 0 Å². The van der Waals surface area contributed by atoms with Gasteiger partial charge in [-0.2, -0.15) is 4.31 Å². The fraction of sp³-hybridized carbons (Fsp3) is 0.500. The van der Waals surface area contributed by atoms with Crippen molar-refractivity contribution in [1.29, 1.82) is 0 Å². The lowest BCUT2D eigenvalue weighted by Gasteiger charge is -2.16. The summed E-state index contributed by atoms with van der Waals surface area (Å²) in [6.45, 7) is 5.26. The molecular weight excluding hydrogens is 222 g/mol. The van der Waals surface area contributed by atoms with Crippen LogP contribution in [0.3, 0.4) is 0 Å². The summed E-state index contributed by atoms with van der Waals surface area (Å²) in [5.74, 6) is 0.303. The third-order valence-corrected chi connectivity index (χ3v) is 4.95. The van der Waals surface area contributed by atoms with Crippen LogP contribution in [0.15, 0.2) is 18.2 Å². The number of benzene rings is 1. The number of aryl methyl sites for hydroxylation is 2. The van der Waals surface area contributed by atoms with Crippen molar-refractivity contribution in [3.63, 3.8) is 0 Å². The minimum atomic E-state index is -2.98. The van der Waals surface area contributed by atoms with E-state index in [0.717, 1.165) is 12.0 Å². The van der Waals surface area contributed by atoms with Gasteiger partial charge in [0.1, 0.15) is 0 Å². The Hall–Kier alpha value is -0.870. The molecule has 1 aromatic carbocycles. The second-order valence-electron chi connectivity index (χ2n) is 4.43. The molecule has 1 aromatic rings. The van der Waals surface area contributed by atoms with Crippen LogP contribution in [-0.4, -0.2) is 25.0 Å². The van der Waals surface area contributed by atoms with Crippen molar-refractivity contribution in [3.05, 3.63) is 34.9 Å². The molecule has 1 fully saturated rings. The highest BCUT2D eigenvalue weighted by Crippen LogP contribution is 2.19. The highest BCUT2D eigenvalue weighted by Gasteiger charge is 2.28. The van der Waals surface area contributed by atoms with Crippen LogP contribution >= 0.6 is 0 Å². The molecule has 0 N–H and O–H groups in total. The first-order valence-electron chi connectivity index (χ1n) is 5.53. The summed E-state index contributed by atoms with van der Waals surface area (Å²) >= 11 is 0. The molecule has 0 unspecified atom stereocenters. The molecule has 0 radical (unpaired) electrons. The van der Waals surface area contributed by atoms with Crippen LogP contribution in [0.2, 0.25) is 0 Å². The molecule has 88 valence electrons. The average molecular weight is 239 g/mol. The maximum absolute atomic E-state index is 11.7. The molecule has 1 saturated heterocycles. The molecule has 1 heterocycles. The minimum absolute atomic E-state index is 0.303. The number of hydrogen-bond donors (Lipinski definition) is 0. The van der Waals surface area contributed by atoms with Gasteiger partial charge in [0.15, 0.2) is 0 Å². The van der Waals surface area contributed by atoms with Crippen LogP contribution in [0.5, 0.6) is 0 Å². The first-order chi connectivity index (χ1) is 7.49. The Morgan fingerprint density at radius 2 is 2.06 bits per heavy atom. The molecule has 2 rings (SSSR count). The van der Waals surface area contributed by atoms with Crippen LogP contribution in [0.1, 0.15) is 23.1 Å². The molecule has 0 saturated carbocycles. The highest BCUT2D eigenvalue weighted by atomic mass is 32.2. The van der Waals surface area contributed by atoms with Gasteiger partial charge in [-0.1, -0.05) is 23.8 Å². The van der Waals surface area contributed by atoms with Gasteiger partial charge in [-0.3, -0.25) is 0 Å². The van der Waals surface area contributed by atoms with Crippen LogP contribution in [-0.2, 0) is 16.6 Å². The summed E-state index contributed by atoms with van der Waals surface area (Å²) < 4.78 is 24.9. The second-order valence-corrected chi connectivity index (χ2v) is 6.52. The van der Waals surface area contributed by atoms with E-state index in [1.807, 2.05) is 26.0 Å². The van der Waals surface area contributed by atoms with Gasteiger partial charge in [0, 0.05) is 13.1 Å². The van der Waals surface area contributed by atoms with Gasteiger partial charge in [-0.25, -0.2) is 8.42 Å². The van der Waals surface area contributed by atoms with Crippen molar-refractivity contribution in [3.8, 4) is 0 Å². The Balaban J connectivity index is 2.21. The molecule has 0 bridgehead atoms. The van der Waals surface area contributed by atoms with E-state index in [9.17, 15) is 8.42 Å². The minimum Gasteiger partial charge on any atom is -0.212 e. The van der Waals surface area contributed by atoms with Crippen molar-refractivity contribution in [2.75, 3.05) is 12.3 Å².